The number of aromatic amines is 1. The fraction of sp³-hybridized carbons (Fsp3) is 0.348. The van der Waals surface area contributed by atoms with Crippen LogP contribution in [0.15, 0.2) is 66.0 Å². The lowest BCUT2D eigenvalue weighted by molar-refractivity contribution is 0.195. The first-order chi connectivity index (χ1) is 14.2. The molecule has 0 saturated heterocycles. The highest BCUT2D eigenvalue weighted by Crippen LogP contribution is 2.29. The number of rotatable bonds is 8. The smallest absolute Gasteiger partial charge is 0.243 e. The van der Waals surface area contributed by atoms with E-state index in [4.69, 9.17) is 0 Å². The number of halogens is 1. The van der Waals surface area contributed by atoms with Gasteiger partial charge in [-0.25, -0.2) is 17.8 Å². The van der Waals surface area contributed by atoms with Gasteiger partial charge in [0, 0.05) is 17.9 Å². The minimum atomic E-state index is -3.75. The van der Waals surface area contributed by atoms with E-state index in [-0.39, 0.29) is 35.1 Å². The zero-order valence-corrected chi connectivity index (χ0v) is 18.5. The Morgan fingerprint density at radius 2 is 1.47 bits per heavy atom. The van der Waals surface area contributed by atoms with Gasteiger partial charge in [-0.15, -0.1) is 0 Å². The van der Waals surface area contributed by atoms with Crippen molar-refractivity contribution >= 4 is 10.0 Å². The molecule has 3 aromatic rings. The largest absolute Gasteiger partial charge is 0.347 e. The molecule has 0 saturated carbocycles. The van der Waals surface area contributed by atoms with Crippen molar-refractivity contribution in [1.82, 2.24) is 14.3 Å². The van der Waals surface area contributed by atoms with Crippen LogP contribution in [-0.4, -0.2) is 28.7 Å². The Bertz CT molecular complexity index is 1040. The molecule has 1 aromatic heterocycles. The number of benzene rings is 2. The molecule has 30 heavy (non-hydrogen) atoms. The van der Waals surface area contributed by atoms with Crippen molar-refractivity contribution in [1.29, 1.82) is 0 Å². The highest BCUT2D eigenvalue weighted by atomic mass is 32.2. The summed E-state index contributed by atoms with van der Waals surface area (Å²) in [7, 11) is -3.75. The first kappa shape index (κ1) is 22.2. The molecule has 5 nitrogen and oxygen atoms in total. The third-order valence-corrected chi connectivity index (χ3v) is 7.08. The van der Waals surface area contributed by atoms with E-state index in [1.165, 1.54) is 12.1 Å². The van der Waals surface area contributed by atoms with Crippen molar-refractivity contribution in [2.75, 3.05) is 0 Å². The summed E-state index contributed by atoms with van der Waals surface area (Å²) in [6.45, 7) is 8.38. The van der Waals surface area contributed by atoms with Gasteiger partial charge in [0.25, 0.3) is 0 Å². The molecule has 7 heteroatoms. The van der Waals surface area contributed by atoms with Gasteiger partial charge >= 0.3 is 0 Å². The van der Waals surface area contributed by atoms with Gasteiger partial charge in [-0.1, -0.05) is 52.0 Å². The van der Waals surface area contributed by atoms with Crippen LogP contribution in [0, 0.1) is 17.7 Å². The van der Waals surface area contributed by atoms with Crippen LogP contribution in [0.2, 0.25) is 0 Å². The molecule has 0 spiro atoms. The Kier molecular flexibility index (Phi) is 6.73. The van der Waals surface area contributed by atoms with E-state index in [1.54, 1.807) is 53.2 Å². The van der Waals surface area contributed by atoms with E-state index in [2.05, 4.69) is 9.97 Å². The van der Waals surface area contributed by atoms with Crippen LogP contribution in [0.25, 0.3) is 11.1 Å². The number of sulfonamides is 1. The SMILES string of the molecule is CC(C)C(C(C)C)N(Cc1cnc[nH]1)S(=O)(=O)c1ccc(-c2ccc(F)cc2)cc1. The summed E-state index contributed by atoms with van der Waals surface area (Å²) in [5.74, 6) is -0.0248. The van der Waals surface area contributed by atoms with E-state index in [0.29, 0.717) is 0 Å². The normalized spacial score (nSPS) is 12.4. The van der Waals surface area contributed by atoms with E-state index >= 15 is 0 Å². The Morgan fingerprint density at radius 1 is 0.933 bits per heavy atom. The third kappa shape index (κ3) is 4.79. The van der Waals surface area contributed by atoms with Crippen molar-refractivity contribution in [3.8, 4) is 11.1 Å². The average Bonchev–Trinajstić information content (AvgIpc) is 3.21. The second-order valence-electron chi connectivity index (χ2n) is 8.14. The number of aromatic nitrogens is 2. The van der Waals surface area contributed by atoms with Crippen LogP contribution < -0.4 is 0 Å². The quantitative estimate of drug-likeness (QED) is 0.543. The minimum absolute atomic E-state index is 0.140. The Labute approximate surface area is 178 Å². The van der Waals surface area contributed by atoms with Crippen LogP contribution in [0.4, 0.5) is 4.39 Å². The van der Waals surface area contributed by atoms with Crippen molar-refractivity contribution in [2.45, 2.75) is 45.2 Å². The molecule has 0 bridgehead atoms. The topological polar surface area (TPSA) is 66.1 Å². The number of hydrogen-bond donors (Lipinski definition) is 1. The van der Waals surface area contributed by atoms with Crippen LogP contribution >= 0.6 is 0 Å². The molecule has 0 aliphatic heterocycles. The van der Waals surface area contributed by atoms with Crippen molar-refractivity contribution < 1.29 is 12.8 Å². The second kappa shape index (κ2) is 9.10. The molecule has 0 aliphatic carbocycles. The summed E-state index contributed by atoms with van der Waals surface area (Å²) >= 11 is 0. The van der Waals surface area contributed by atoms with Gasteiger partial charge < -0.3 is 4.98 Å². The molecule has 3 rings (SSSR count). The van der Waals surface area contributed by atoms with Crippen molar-refractivity contribution in [3.63, 3.8) is 0 Å². The fourth-order valence-electron chi connectivity index (χ4n) is 3.92. The lowest BCUT2D eigenvalue weighted by Crippen LogP contribution is -2.45. The average molecular weight is 430 g/mol. The zero-order chi connectivity index (χ0) is 21.9. The Morgan fingerprint density at radius 3 is 1.93 bits per heavy atom. The predicted octanol–water partition coefficient (Wildman–Crippen LogP) is 5.09. The predicted molar refractivity (Wildman–Crippen MR) is 117 cm³/mol. The summed E-state index contributed by atoms with van der Waals surface area (Å²) in [4.78, 5) is 7.27. The maximum Gasteiger partial charge on any atom is 0.243 e. The maximum absolute atomic E-state index is 13.6. The lowest BCUT2D eigenvalue weighted by Gasteiger charge is -2.36. The molecule has 0 radical (unpaired) electrons. The molecular formula is C23H28FN3O2S. The zero-order valence-electron chi connectivity index (χ0n) is 17.7. The van der Waals surface area contributed by atoms with E-state index in [1.807, 2.05) is 27.7 Å². The van der Waals surface area contributed by atoms with Crippen molar-refractivity contribution in [2.24, 2.45) is 11.8 Å². The Balaban J connectivity index is 1.98. The number of H-pyrrole nitrogens is 1. The summed E-state index contributed by atoms with van der Waals surface area (Å²) in [6, 6.07) is 12.7. The lowest BCUT2D eigenvalue weighted by atomic mass is 9.93. The van der Waals surface area contributed by atoms with Gasteiger partial charge in [-0.2, -0.15) is 4.31 Å². The van der Waals surface area contributed by atoms with Gasteiger partial charge in [0.15, 0.2) is 0 Å². The van der Waals surface area contributed by atoms with Crippen LogP contribution in [-0.2, 0) is 16.6 Å². The maximum atomic E-state index is 13.6. The summed E-state index contributed by atoms with van der Waals surface area (Å²) in [5, 5.41) is 0. The molecule has 0 amide bonds. The highest BCUT2D eigenvalue weighted by Gasteiger charge is 2.35. The number of imidazole rings is 1. The molecule has 0 atom stereocenters. The Hall–Kier alpha value is -2.51. The van der Waals surface area contributed by atoms with Gasteiger partial charge in [0.1, 0.15) is 5.82 Å². The first-order valence-corrected chi connectivity index (χ1v) is 11.5. The fourth-order valence-corrected chi connectivity index (χ4v) is 5.79. The van der Waals surface area contributed by atoms with Crippen LogP contribution in [0.1, 0.15) is 33.4 Å². The van der Waals surface area contributed by atoms with Gasteiger partial charge in [0.05, 0.1) is 17.8 Å². The van der Waals surface area contributed by atoms with E-state index in [0.717, 1.165) is 16.8 Å². The molecule has 1 N–H and O–H groups in total. The number of hydrogen-bond acceptors (Lipinski definition) is 3. The molecule has 2 aromatic carbocycles. The number of nitrogens with zero attached hydrogens (tertiary/aromatic N) is 2. The first-order valence-electron chi connectivity index (χ1n) is 10.0. The van der Waals surface area contributed by atoms with Crippen LogP contribution in [0.5, 0.6) is 0 Å². The van der Waals surface area contributed by atoms with E-state index in [9.17, 15) is 12.8 Å². The van der Waals surface area contributed by atoms with Crippen LogP contribution in [0.3, 0.4) is 0 Å². The summed E-state index contributed by atoms with van der Waals surface area (Å²) < 4.78 is 42.0. The molecule has 160 valence electrons. The third-order valence-electron chi connectivity index (χ3n) is 5.22. The minimum Gasteiger partial charge on any atom is -0.347 e. The molecular weight excluding hydrogens is 401 g/mol. The van der Waals surface area contributed by atoms with Crippen molar-refractivity contribution in [3.05, 3.63) is 72.6 Å². The monoisotopic (exact) mass is 429 g/mol. The van der Waals surface area contributed by atoms with Gasteiger partial charge in [0.2, 0.25) is 10.0 Å². The molecule has 0 fully saturated rings. The standard InChI is InChI=1S/C23H28FN3O2S/c1-16(2)23(17(3)4)27(14-21-13-25-15-26-21)30(28,29)22-11-7-19(8-12-22)18-5-9-20(24)10-6-18/h5-13,15-17,23H,14H2,1-4H3,(H,25,26). The number of nitrogens with one attached hydrogen (secondary N) is 1. The summed E-state index contributed by atoms with van der Waals surface area (Å²) in [6.07, 6.45) is 3.20. The van der Waals surface area contributed by atoms with Gasteiger partial charge in [-0.3, -0.25) is 0 Å². The molecule has 1 heterocycles. The molecule has 0 aliphatic rings. The summed E-state index contributed by atoms with van der Waals surface area (Å²) in [5.41, 5.74) is 2.41. The van der Waals surface area contributed by atoms with Gasteiger partial charge in [-0.05, 0) is 47.2 Å². The second-order valence-corrected chi connectivity index (χ2v) is 10.0. The molecule has 0 unspecified atom stereocenters. The highest BCUT2D eigenvalue weighted by molar-refractivity contribution is 7.89. The van der Waals surface area contributed by atoms with E-state index < -0.39 is 10.0 Å².